The van der Waals surface area contributed by atoms with E-state index in [0.717, 1.165) is 17.0 Å². The topological polar surface area (TPSA) is 46.4 Å². The van der Waals surface area contributed by atoms with Gasteiger partial charge in [-0.1, -0.05) is 29.8 Å². The highest BCUT2D eigenvalue weighted by Crippen LogP contribution is 2.21. The molecule has 0 radical (unpaired) electrons. The molecule has 0 spiro atoms. The molecule has 0 aliphatic rings. The summed E-state index contributed by atoms with van der Waals surface area (Å²) in [4.78, 5) is 12.1. The molecule has 26 heavy (non-hydrogen) atoms. The van der Waals surface area contributed by atoms with E-state index in [1.807, 2.05) is 24.5 Å². The highest BCUT2D eigenvalue weighted by atomic mass is 35.5. The maximum Gasteiger partial charge on any atom is 0.271 e. The lowest BCUT2D eigenvalue weighted by Gasteiger charge is -2.10. The summed E-state index contributed by atoms with van der Waals surface area (Å²) in [6, 6.07) is 15.1. The lowest BCUT2D eigenvalue weighted by Crippen LogP contribution is -2.17. The number of nitrogens with one attached hydrogen (secondary N) is 1. The first-order valence-electron chi connectivity index (χ1n) is 8.00. The van der Waals surface area contributed by atoms with E-state index < -0.39 is 0 Å². The molecule has 4 nitrogen and oxygen atoms in total. The van der Waals surface area contributed by atoms with Crippen LogP contribution in [0.3, 0.4) is 0 Å². The Morgan fingerprint density at radius 3 is 2.65 bits per heavy atom. The van der Waals surface area contributed by atoms with E-state index in [0.29, 0.717) is 16.3 Å². The largest absolute Gasteiger partial charge is 0.315 e. The van der Waals surface area contributed by atoms with Gasteiger partial charge in [0.05, 0.1) is 11.9 Å². The van der Waals surface area contributed by atoms with E-state index in [9.17, 15) is 9.18 Å². The molecule has 0 bridgehead atoms. The summed E-state index contributed by atoms with van der Waals surface area (Å²) in [5.41, 5.74) is 5.86. The van der Waals surface area contributed by atoms with E-state index in [2.05, 4.69) is 10.5 Å². The zero-order chi connectivity index (χ0) is 18.7. The van der Waals surface area contributed by atoms with E-state index in [1.165, 1.54) is 6.07 Å². The van der Waals surface area contributed by atoms with Gasteiger partial charge < -0.3 is 4.57 Å². The molecule has 0 saturated heterocycles. The molecule has 0 aliphatic carbocycles. The monoisotopic (exact) mass is 369 g/mol. The lowest BCUT2D eigenvalue weighted by molar-refractivity contribution is 0.0955. The summed E-state index contributed by atoms with van der Waals surface area (Å²) in [6.45, 7) is 3.76. The molecule has 0 fully saturated rings. The third kappa shape index (κ3) is 3.68. The Labute approximate surface area is 155 Å². The van der Waals surface area contributed by atoms with Crippen LogP contribution in [0.15, 0.2) is 59.7 Å². The molecular weight excluding hydrogens is 353 g/mol. The van der Waals surface area contributed by atoms with Crippen molar-refractivity contribution in [2.75, 3.05) is 0 Å². The van der Waals surface area contributed by atoms with Crippen LogP contribution in [-0.2, 0) is 0 Å². The highest BCUT2D eigenvalue weighted by molar-refractivity contribution is 6.30. The lowest BCUT2D eigenvalue weighted by atomic mass is 10.2. The summed E-state index contributed by atoms with van der Waals surface area (Å²) in [5.74, 6) is -0.654. The highest BCUT2D eigenvalue weighted by Gasteiger charge is 2.12. The molecule has 6 heteroatoms. The predicted molar refractivity (Wildman–Crippen MR) is 102 cm³/mol. The number of nitrogens with zero attached hydrogens (tertiary/aromatic N) is 2. The Balaban J connectivity index is 1.81. The van der Waals surface area contributed by atoms with E-state index >= 15 is 0 Å². The van der Waals surface area contributed by atoms with E-state index in [4.69, 9.17) is 11.6 Å². The fourth-order valence-corrected chi connectivity index (χ4v) is 2.97. The van der Waals surface area contributed by atoms with E-state index in [-0.39, 0.29) is 11.7 Å². The number of para-hydroxylation sites is 1. The molecule has 1 amide bonds. The van der Waals surface area contributed by atoms with Gasteiger partial charge in [0.25, 0.3) is 5.91 Å². The van der Waals surface area contributed by atoms with Gasteiger partial charge in [0, 0.05) is 27.5 Å². The maximum atomic E-state index is 14.1. The zero-order valence-corrected chi connectivity index (χ0v) is 15.1. The number of halogens is 2. The summed E-state index contributed by atoms with van der Waals surface area (Å²) >= 11 is 5.88. The van der Waals surface area contributed by atoms with Gasteiger partial charge in [-0.2, -0.15) is 5.10 Å². The minimum Gasteiger partial charge on any atom is -0.315 e. The molecule has 1 aromatic heterocycles. The van der Waals surface area contributed by atoms with Crippen LogP contribution in [0.1, 0.15) is 27.3 Å². The van der Waals surface area contributed by atoms with Gasteiger partial charge in [0.2, 0.25) is 0 Å². The van der Waals surface area contributed by atoms with Gasteiger partial charge in [-0.3, -0.25) is 4.79 Å². The van der Waals surface area contributed by atoms with Crippen LogP contribution in [0.5, 0.6) is 0 Å². The fraction of sp³-hybridized carbons (Fsp3) is 0.100. The summed E-state index contributed by atoms with van der Waals surface area (Å²) in [7, 11) is 0. The number of amides is 1. The normalized spacial score (nSPS) is 11.1. The molecule has 3 aromatic rings. The van der Waals surface area contributed by atoms with Gasteiger partial charge in [-0.15, -0.1) is 0 Å². The van der Waals surface area contributed by atoms with Crippen molar-refractivity contribution in [1.82, 2.24) is 9.99 Å². The number of hydrogen-bond donors (Lipinski definition) is 1. The average molecular weight is 370 g/mol. The quantitative estimate of drug-likeness (QED) is 0.528. The second kappa shape index (κ2) is 7.54. The maximum absolute atomic E-state index is 14.1. The molecule has 1 heterocycles. The average Bonchev–Trinajstić information content (AvgIpc) is 2.89. The number of hydrazone groups is 1. The van der Waals surface area contributed by atoms with Crippen LogP contribution in [0, 0.1) is 19.7 Å². The van der Waals surface area contributed by atoms with Crippen molar-refractivity contribution < 1.29 is 9.18 Å². The standard InChI is InChI=1S/C20H17ClFN3O/c1-13-10-16(14(2)25(13)19-9-4-3-8-18(19)22)12-23-24-20(26)15-6-5-7-17(21)11-15/h3-12H,1-2H3,(H,24,26)/b23-12+. The third-order valence-corrected chi connectivity index (χ3v) is 4.26. The van der Waals surface area contributed by atoms with Crippen molar-refractivity contribution in [2.24, 2.45) is 5.10 Å². The number of benzene rings is 2. The van der Waals surface area contributed by atoms with Gasteiger partial charge in [0.15, 0.2) is 0 Å². The number of hydrogen-bond acceptors (Lipinski definition) is 2. The van der Waals surface area contributed by atoms with Crippen molar-refractivity contribution in [3.05, 3.63) is 88.0 Å². The van der Waals surface area contributed by atoms with Gasteiger partial charge in [-0.05, 0) is 50.2 Å². The number of carbonyl (C=O) groups is 1. The Morgan fingerprint density at radius 1 is 1.15 bits per heavy atom. The number of aryl methyl sites for hydroxylation is 1. The summed E-state index contributed by atoms with van der Waals surface area (Å²) in [6.07, 6.45) is 1.54. The van der Waals surface area contributed by atoms with Crippen molar-refractivity contribution in [3.8, 4) is 5.69 Å². The van der Waals surface area contributed by atoms with Crippen molar-refractivity contribution in [1.29, 1.82) is 0 Å². The minimum atomic E-state index is -0.355. The first kappa shape index (κ1) is 17.9. The van der Waals surface area contributed by atoms with Crippen molar-refractivity contribution in [2.45, 2.75) is 13.8 Å². The molecule has 3 rings (SSSR count). The Hall–Kier alpha value is -2.92. The summed E-state index contributed by atoms with van der Waals surface area (Å²) in [5, 5.41) is 4.49. The van der Waals surface area contributed by atoms with Gasteiger partial charge in [0.1, 0.15) is 5.82 Å². The second-order valence-electron chi connectivity index (χ2n) is 5.82. The first-order chi connectivity index (χ1) is 12.5. The molecule has 132 valence electrons. The van der Waals surface area contributed by atoms with Crippen LogP contribution >= 0.6 is 11.6 Å². The third-order valence-electron chi connectivity index (χ3n) is 4.02. The molecule has 0 saturated carbocycles. The van der Waals surface area contributed by atoms with Crippen molar-refractivity contribution in [3.63, 3.8) is 0 Å². The van der Waals surface area contributed by atoms with Crippen molar-refractivity contribution >= 4 is 23.7 Å². The smallest absolute Gasteiger partial charge is 0.271 e. The number of aromatic nitrogens is 1. The Bertz CT molecular complexity index is 994. The predicted octanol–water partition coefficient (Wildman–Crippen LogP) is 4.65. The Kier molecular flexibility index (Phi) is 5.19. The SMILES string of the molecule is Cc1cc(/C=N/NC(=O)c2cccc(Cl)c2)c(C)n1-c1ccccc1F. The Morgan fingerprint density at radius 2 is 1.92 bits per heavy atom. The number of rotatable bonds is 4. The second-order valence-corrected chi connectivity index (χ2v) is 6.26. The van der Waals surface area contributed by atoms with Gasteiger partial charge >= 0.3 is 0 Å². The van der Waals surface area contributed by atoms with E-state index in [1.54, 1.807) is 48.7 Å². The molecular formula is C20H17ClFN3O. The fourth-order valence-electron chi connectivity index (χ4n) is 2.78. The molecule has 0 atom stereocenters. The minimum absolute atomic E-state index is 0.299. The zero-order valence-electron chi connectivity index (χ0n) is 14.3. The molecule has 1 N–H and O–H groups in total. The van der Waals surface area contributed by atoms with Crippen LogP contribution < -0.4 is 5.43 Å². The molecule has 0 aliphatic heterocycles. The van der Waals surface area contributed by atoms with Crippen LogP contribution in [0.4, 0.5) is 4.39 Å². The summed E-state index contributed by atoms with van der Waals surface area (Å²) < 4.78 is 15.9. The van der Waals surface area contributed by atoms with Crippen LogP contribution in [0.25, 0.3) is 5.69 Å². The van der Waals surface area contributed by atoms with Crippen LogP contribution in [0.2, 0.25) is 5.02 Å². The molecule has 2 aromatic carbocycles. The number of carbonyl (C=O) groups excluding carboxylic acids is 1. The van der Waals surface area contributed by atoms with Crippen LogP contribution in [-0.4, -0.2) is 16.7 Å². The molecule has 0 unspecified atom stereocenters. The van der Waals surface area contributed by atoms with Gasteiger partial charge in [-0.25, -0.2) is 9.82 Å². The first-order valence-corrected chi connectivity index (χ1v) is 8.38.